The molecule has 2 aromatic rings. The number of carbonyl (C=O) groups is 2. The van der Waals surface area contributed by atoms with Crippen molar-refractivity contribution in [1.82, 2.24) is 0 Å². The molecule has 112 valence electrons. The molecule has 0 saturated carbocycles. The first-order chi connectivity index (χ1) is 10.1. The Kier molecular flexibility index (Phi) is 12.1. The van der Waals surface area contributed by atoms with Gasteiger partial charge in [-0.15, -0.1) is 0 Å². The van der Waals surface area contributed by atoms with Crippen LogP contribution in [0.15, 0.2) is 48.5 Å². The van der Waals surface area contributed by atoms with E-state index >= 15 is 0 Å². The Balaban J connectivity index is -0.00000121. The first kappa shape index (κ1) is 23.5. The zero-order valence-electron chi connectivity index (χ0n) is 15.7. The number of hydrogen-bond acceptors (Lipinski definition) is 5. The molecule has 0 amide bonds. The Bertz CT molecular complexity index is 591. The zero-order chi connectivity index (χ0) is 15.2. The molecule has 23 heavy (non-hydrogen) atoms. The zero-order valence-corrected chi connectivity index (χ0v) is 19.9. The average Bonchev–Trinajstić information content (AvgIpc) is 2.55. The van der Waals surface area contributed by atoms with E-state index in [0.717, 1.165) is 0 Å². The van der Waals surface area contributed by atoms with Gasteiger partial charge in [0.05, 0.1) is 25.3 Å². The largest absolute Gasteiger partial charge is 1.00 e. The van der Waals surface area contributed by atoms with Crippen LogP contribution >= 0.6 is 0 Å². The summed E-state index contributed by atoms with van der Waals surface area (Å²) in [6.45, 7) is 0. The fourth-order valence-electron chi connectivity index (χ4n) is 1.66. The van der Waals surface area contributed by atoms with Crippen LogP contribution in [0.25, 0.3) is 0 Å². The van der Waals surface area contributed by atoms with Crippen LogP contribution in [0, 0.1) is 0 Å². The van der Waals surface area contributed by atoms with E-state index < -0.39 is 11.9 Å². The predicted octanol–water partition coefficient (Wildman–Crippen LogP) is -3.07. The van der Waals surface area contributed by atoms with E-state index in [1.54, 1.807) is 24.3 Å². The molecular weight excluding hydrogens is 350 g/mol. The van der Waals surface area contributed by atoms with Crippen LogP contribution in [0.4, 0.5) is 0 Å². The van der Waals surface area contributed by atoms with E-state index in [1.165, 1.54) is 38.5 Å². The maximum atomic E-state index is 11.8. The van der Waals surface area contributed by atoms with Crippen molar-refractivity contribution >= 4 is 11.9 Å². The Labute approximate surface area is 222 Å². The van der Waals surface area contributed by atoms with Gasteiger partial charge in [0.25, 0.3) is 0 Å². The van der Waals surface area contributed by atoms with Crippen molar-refractivity contribution in [3.8, 4) is 11.5 Å². The Morgan fingerprint density at radius 2 is 1.00 bits per heavy atom. The van der Waals surface area contributed by atoms with Crippen molar-refractivity contribution < 1.29 is 129 Å². The van der Waals surface area contributed by atoms with Gasteiger partial charge in [0, 0.05) is 0 Å². The van der Waals surface area contributed by atoms with Crippen molar-refractivity contribution in [3.63, 3.8) is 0 Å². The van der Waals surface area contributed by atoms with E-state index in [2.05, 4.69) is 0 Å². The van der Waals surface area contributed by atoms with Gasteiger partial charge in [-0.25, -0.2) is 9.59 Å². The van der Waals surface area contributed by atoms with Crippen LogP contribution in [0.3, 0.4) is 0 Å². The topological polar surface area (TPSA) is 61.8 Å². The van der Waals surface area contributed by atoms with Crippen molar-refractivity contribution in [3.05, 3.63) is 59.7 Å². The molecule has 7 heteroatoms. The second kappa shape index (κ2) is 11.9. The molecule has 0 unspecified atom stereocenters. The maximum absolute atomic E-state index is 11.8. The molecule has 0 fully saturated rings. The normalized spacial score (nSPS) is 8.96. The summed E-state index contributed by atoms with van der Waals surface area (Å²) in [5.41, 5.74) is 0.551. The van der Waals surface area contributed by atoms with Crippen LogP contribution in [0.2, 0.25) is 0 Å². The van der Waals surface area contributed by atoms with Crippen LogP contribution in [-0.4, -0.2) is 26.2 Å². The van der Waals surface area contributed by atoms with Crippen molar-refractivity contribution in [2.75, 3.05) is 14.2 Å². The number of benzene rings is 2. The van der Waals surface area contributed by atoms with Gasteiger partial charge < -0.3 is 17.1 Å². The molecule has 0 aliphatic carbocycles. The first-order valence-electron chi connectivity index (χ1n) is 6.18. The summed E-state index contributed by atoms with van der Waals surface area (Å²) >= 11 is 0. The number of esters is 2. The van der Waals surface area contributed by atoms with Gasteiger partial charge in [-0.05, 0) is 48.5 Å². The molecule has 0 radical (unpaired) electrons. The number of hydrogen-bond donors (Lipinski definition) is 0. The first-order valence-corrected chi connectivity index (χ1v) is 6.18. The molecule has 0 aromatic heterocycles. The third-order valence-corrected chi connectivity index (χ3v) is 2.84. The van der Waals surface area contributed by atoms with E-state index in [-0.39, 0.29) is 117 Å². The molecule has 0 aliphatic heterocycles. The summed E-state index contributed by atoms with van der Waals surface area (Å²) in [5.74, 6) is -0.182. The van der Waals surface area contributed by atoms with Gasteiger partial charge in [0.15, 0.2) is 0 Å². The van der Waals surface area contributed by atoms with Gasteiger partial charge in [0.1, 0.15) is 11.5 Å². The van der Waals surface area contributed by atoms with Gasteiger partial charge in [-0.1, -0.05) is 0 Å². The fourth-order valence-corrected chi connectivity index (χ4v) is 1.66. The third-order valence-electron chi connectivity index (χ3n) is 2.84. The number of rotatable bonds is 4. The van der Waals surface area contributed by atoms with Crippen molar-refractivity contribution in [2.45, 2.75) is 0 Å². The Morgan fingerprint density at radius 3 is 1.26 bits per heavy atom. The standard InChI is InChI=1S/C16H14O5.2K.2H/c1-19-13-7-3-11(4-8-13)15(17)21-16(18)12-5-9-14(20-2)10-6-12;;;;/h3-10H,1-2H3;;;;/q;2*+1;2*-1. The van der Waals surface area contributed by atoms with Crippen molar-refractivity contribution in [2.24, 2.45) is 0 Å². The SMILES string of the molecule is COc1ccc(C(=O)OC(=O)c2ccc(OC)cc2)cc1.[H-].[H-].[K+].[K+]. The van der Waals surface area contributed by atoms with Crippen molar-refractivity contribution in [1.29, 1.82) is 0 Å². The van der Waals surface area contributed by atoms with Crippen LogP contribution in [-0.2, 0) is 4.74 Å². The minimum absolute atomic E-state index is 0. The van der Waals surface area contributed by atoms with Gasteiger partial charge in [-0.3, -0.25) is 0 Å². The quantitative estimate of drug-likeness (QED) is 0.327. The summed E-state index contributed by atoms with van der Waals surface area (Å²) in [6.07, 6.45) is 0. The minimum Gasteiger partial charge on any atom is -1.00 e. The van der Waals surface area contributed by atoms with E-state index in [0.29, 0.717) is 11.5 Å². The molecular formula is C16H16K2O5. The third kappa shape index (κ3) is 7.07. The monoisotopic (exact) mass is 366 g/mol. The number of methoxy groups -OCH3 is 2. The molecule has 0 N–H and O–H groups in total. The maximum Gasteiger partial charge on any atom is 1.00 e. The summed E-state index contributed by atoms with van der Waals surface area (Å²) < 4.78 is 14.8. The Morgan fingerprint density at radius 1 is 0.696 bits per heavy atom. The molecule has 2 aromatic carbocycles. The molecule has 5 nitrogen and oxygen atoms in total. The minimum atomic E-state index is -0.710. The summed E-state index contributed by atoms with van der Waals surface area (Å²) in [4.78, 5) is 23.7. The van der Waals surface area contributed by atoms with E-state index in [9.17, 15) is 9.59 Å². The second-order valence-corrected chi connectivity index (χ2v) is 4.13. The summed E-state index contributed by atoms with van der Waals surface area (Å²) in [7, 11) is 3.06. The fraction of sp³-hybridized carbons (Fsp3) is 0.125. The molecule has 0 spiro atoms. The van der Waals surface area contributed by atoms with Crippen LogP contribution in [0.5, 0.6) is 11.5 Å². The summed E-state index contributed by atoms with van der Waals surface area (Å²) in [6, 6.07) is 12.6. The van der Waals surface area contributed by atoms with Gasteiger partial charge >= 0.3 is 115 Å². The Hall–Kier alpha value is 0.453. The molecule has 0 aliphatic rings. The van der Waals surface area contributed by atoms with Gasteiger partial charge in [-0.2, -0.15) is 0 Å². The predicted molar refractivity (Wildman–Crippen MR) is 78.0 cm³/mol. The molecule has 0 bridgehead atoms. The van der Waals surface area contributed by atoms with E-state index in [4.69, 9.17) is 14.2 Å². The molecule has 0 saturated heterocycles. The number of ether oxygens (including phenoxy) is 3. The molecule has 2 rings (SSSR count). The molecule has 0 heterocycles. The van der Waals surface area contributed by atoms with Crippen LogP contribution in [0.1, 0.15) is 23.6 Å². The number of carbonyl (C=O) groups excluding carboxylic acids is 2. The smallest absolute Gasteiger partial charge is 1.00 e. The second-order valence-electron chi connectivity index (χ2n) is 4.13. The van der Waals surface area contributed by atoms with E-state index in [1.807, 2.05) is 0 Å². The van der Waals surface area contributed by atoms with Gasteiger partial charge in [0.2, 0.25) is 0 Å². The summed E-state index contributed by atoms with van der Waals surface area (Å²) in [5, 5.41) is 0. The molecule has 0 atom stereocenters. The van der Waals surface area contributed by atoms with Crippen LogP contribution < -0.4 is 112 Å². The average molecular weight is 366 g/mol.